The lowest BCUT2D eigenvalue weighted by molar-refractivity contribution is 0.0950. The van der Waals surface area contributed by atoms with E-state index in [1.54, 1.807) is 17.6 Å². The summed E-state index contributed by atoms with van der Waals surface area (Å²) in [6, 6.07) is 4.51. The second-order valence-electron chi connectivity index (χ2n) is 3.55. The molecule has 1 aromatic carbocycles. The van der Waals surface area contributed by atoms with Crippen LogP contribution < -0.4 is 10.1 Å². The number of carbonyl (C=O) groups excluding carboxylic acids is 1. The zero-order valence-corrected chi connectivity index (χ0v) is 10.5. The molecule has 0 atom stereocenters. The highest BCUT2D eigenvalue weighted by atomic mass is 32.1. The number of rotatable bonds is 4. The molecule has 0 aliphatic rings. The Labute approximate surface area is 108 Å². The Balaban J connectivity index is 2.02. The van der Waals surface area contributed by atoms with E-state index in [0.29, 0.717) is 17.9 Å². The molecule has 6 heteroatoms. The third kappa shape index (κ3) is 2.78. The molecular formula is C12H12N2O3S. The van der Waals surface area contributed by atoms with Gasteiger partial charge in [0.1, 0.15) is 0 Å². The van der Waals surface area contributed by atoms with Crippen molar-refractivity contribution < 1.29 is 14.6 Å². The third-order valence-electron chi connectivity index (χ3n) is 2.35. The summed E-state index contributed by atoms with van der Waals surface area (Å²) in [5.41, 5.74) is 2.90. The van der Waals surface area contributed by atoms with E-state index in [1.165, 1.54) is 24.5 Å². The maximum Gasteiger partial charge on any atom is 0.251 e. The first kappa shape index (κ1) is 12.4. The van der Waals surface area contributed by atoms with Crippen molar-refractivity contribution >= 4 is 17.2 Å². The predicted molar refractivity (Wildman–Crippen MR) is 67.9 cm³/mol. The number of benzene rings is 1. The van der Waals surface area contributed by atoms with Crippen molar-refractivity contribution in [1.82, 2.24) is 10.3 Å². The van der Waals surface area contributed by atoms with Crippen LogP contribution in [-0.4, -0.2) is 23.1 Å². The number of thiazole rings is 1. The average molecular weight is 264 g/mol. The normalized spacial score (nSPS) is 10.1. The first-order chi connectivity index (χ1) is 8.70. The van der Waals surface area contributed by atoms with Crippen LogP contribution in [0.15, 0.2) is 29.1 Å². The number of ether oxygens (including phenoxy) is 1. The van der Waals surface area contributed by atoms with Crippen LogP contribution in [0.4, 0.5) is 0 Å². The molecule has 2 rings (SSSR count). The summed E-state index contributed by atoms with van der Waals surface area (Å²) in [5, 5.41) is 14.2. The second kappa shape index (κ2) is 5.50. The Hall–Kier alpha value is -2.08. The van der Waals surface area contributed by atoms with Crippen molar-refractivity contribution in [3.05, 3.63) is 40.3 Å². The zero-order chi connectivity index (χ0) is 13.0. The lowest BCUT2D eigenvalue weighted by Crippen LogP contribution is -2.22. The Morgan fingerprint density at radius 1 is 1.56 bits per heavy atom. The molecule has 0 fully saturated rings. The van der Waals surface area contributed by atoms with Crippen molar-refractivity contribution in [3.63, 3.8) is 0 Å². The Morgan fingerprint density at radius 3 is 3.00 bits per heavy atom. The lowest BCUT2D eigenvalue weighted by Gasteiger charge is -2.06. The van der Waals surface area contributed by atoms with Gasteiger partial charge in [-0.05, 0) is 18.2 Å². The highest BCUT2D eigenvalue weighted by molar-refractivity contribution is 7.07. The maximum atomic E-state index is 11.8. The number of amides is 1. The van der Waals surface area contributed by atoms with Crippen LogP contribution in [-0.2, 0) is 6.54 Å². The number of phenols is 1. The summed E-state index contributed by atoms with van der Waals surface area (Å²) in [6.45, 7) is 0.370. The predicted octanol–water partition coefficient (Wildman–Crippen LogP) is 1.79. The lowest BCUT2D eigenvalue weighted by atomic mass is 10.2. The Bertz CT molecular complexity index is 540. The molecule has 0 bridgehead atoms. The fourth-order valence-corrected chi connectivity index (χ4v) is 1.99. The monoisotopic (exact) mass is 264 g/mol. The minimum absolute atomic E-state index is 0.0567. The summed E-state index contributed by atoms with van der Waals surface area (Å²) >= 11 is 1.48. The molecule has 2 aromatic rings. The number of phenolic OH excluding ortho intramolecular Hbond substituents is 1. The number of hydrogen-bond acceptors (Lipinski definition) is 5. The van der Waals surface area contributed by atoms with Gasteiger partial charge in [0.2, 0.25) is 0 Å². The van der Waals surface area contributed by atoms with Crippen LogP contribution in [0.5, 0.6) is 11.5 Å². The van der Waals surface area contributed by atoms with Gasteiger partial charge in [-0.3, -0.25) is 4.79 Å². The smallest absolute Gasteiger partial charge is 0.251 e. The SMILES string of the molecule is COc1ccc(C(=O)NCc2cscn2)cc1O. The number of methoxy groups -OCH3 is 1. The Kier molecular flexibility index (Phi) is 3.78. The summed E-state index contributed by atoms with van der Waals surface area (Å²) in [7, 11) is 1.46. The van der Waals surface area contributed by atoms with E-state index >= 15 is 0 Å². The fourth-order valence-electron chi connectivity index (χ4n) is 1.43. The molecular weight excluding hydrogens is 252 g/mol. The van der Waals surface area contributed by atoms with Gasteiger partial charge in [0, 0.05) is 10.9 Å². The van der Waals surface area contributed by atoms with Crippen LogP contribution in [0.1, 0.15) is 16.1 Å². The minimum atomic E-state index is -0.263. The van der Waals surface area contributed by atoms with Gasteiger partial charge in [-0.25, -0.2) is 4.98 Å². The van der Waals surface area contributed by atoms with Crippen molar-refractivity contribution in [2.75, 3.05) is 7.11 Å². The largest absolute Gasteiger partial charge is 0.504 e. The molecule has 0 aliphatic heterocycles. The van der Waals surface area contributed by atoms with Gasteiger partial charge in [0.25, 0.3) is 5.91 Å². The minimum Gasteiger partial charge on any atom is -0.504 e. The quantitative estimate of drug-likeness (QED) is 0.883. The summed E-state index contributed by atoms with van der Waals surface area (Å²) in [5.74, 6) is 0.0193. The van der Waals surface area contributed by atoms with E-state index in [9.17, 15) is 9.90 Å². The highest BCUT2D eigenvalue weighted by Crippen LogP contribution is 2.26. The van der Waals surface area contributed by atoms with Crippen LogP contribution >= 0.6 is 11.3 Å². The van der Waals surface area contributed by atoms with Crippen LogP contribution in [0, 0.1) is 0 Å². The van der Waals surface area contributed by atoms with Crippen molar-refractivity contribution in [1.29, 1.82) is 0 Å². The van der Waals surface area contributed by atoms with Gasteiger partial charge >= 0.3 is 0 Å². The summed E-state index contributed by atoms with van der Waals surface area (Å²) in [4.78, 5) is 15.9. The van der Waals surface area contributed by atoms with E-state index in [4.69, 9.17) is 4.74 Å². The molecule has 0 saturated heterocycles. The van der Waals surface area contributed by atoms with Crippen LogP contribution in [0.25, 0.3) is 0 Å². The van der Waals surface area contributed by atoms with Gasteiger partial charge in [-0.1, -0.05) is 0 Å². The highest BCUT2D eigenvalue weighted by Gasteiger charge is 2.09. The molecule has 94 valence electrons. The van der Waals surface area contributed by atoms with Crippen molar-refractivity contribution in [2.24, 2.45) is 0 Å². The molecule has 0 unspecified atom stereocenters. The molecule has 18 heavy (non-hydrogen) atoms. The first-order valence-corrected chi connectivity index (χ1v) is 6.17. The van der Waals surface area contributed by atoms with Gasteiger partial charge in [0.15, 0.2) is 11.5 Å². The number of hydrogen-bond donors (Lipinski definition) is 2. The molecule has 0 spiro atoms. The zero-order valence-electron chi connectivity index (χ0n) is 9.71. The first-order valence-electron chi connectivity index (χ1n) is 5.23. The fraction of sp³-hybridized carbons (Fsp3) is 0.167. The average Bonchev–Trinajstić information content (AvgIpc) is 2.89. The number of nitrogens with zero attached hydrogens (tertiary/aromatic N) is 1. The molecule has 0 radical (unpaired) electrons. The van der Waals surface area contributed by atoms with E-state index < -0.39 is 0 Å². The van der Waals surface area contributed by atoms with Crippen molar-refractivity contribution in [3.8, 4) is 11.5 Å². The molecule has 2 N–H and O–H groups in total. The topological polar surface area (TPSA) is 71.5 Å². The molecule has 1 amide bonds. The van der Waals surface area contributed by atoms with Crippen LogP contribution in [0.3, 0.4) is 0 Å². The summed E-state index contributed by atoms with van der Waals surface area (Å²) < 4.78 is 4.91. The molecule has 0 saturated carbocycles. The van der Waals surface area contributed by atoms with Gasteiger partial charge < -0.3 is 15.2 Å². The second-order valence-corrected chi connectivity index (χ2v) is 4.27. The molecule has 5 nitrogen and oxygen atoms in total. The third-order valence-corrected chi connectivity index (χ3v) is 2.99. The molecule has 1 aromatic heterocycles. The van der Waals surface area contributed by atoms with Gasteiger partial charge in [0.05, 0.1) is 24.9 Å². The van der Waals surface area contributed by atoms with Gasteiger partial charge in [-0.2, -0.15) is 0 Å². The van der Waals surface area contributed by atoms with E-state index in [2.05, 4.69) is 10.3 Å². The number of carbonyl (C=O) groups is 1. The van der Waals surface area contributed by atoms with Crippen LogP contribution in [0.2, 0.25) is 0 Å². The number of aromatic nitrogens is 1. The molecule has 0 aliphatic carbocycles. The van der Waals surface area contributed by atoms with E-state index in [0.717, 1.165) is 5.69 Å². The van der Waals surface area contributed by atoms with Crippen molar-refractivity contribution in [2.45, 2.75) is 6.54 Å². The summed E-state index contributed by atoms with van der Waals surface area (Å²) in [6.07, 6.45) is 0. The number of aromatic hydroxyl groups is 1. The number of nitrogens with one attached hydrogen (secondary N) is 1. The standard InChI is InChI=1S/C12H12N2O3S/c1-17-11-3-2-8(4-10(11)15)12(16)13-5-9-6-18-7-14-9/h2-4,6-7,15H,5H2,1H3,(H,13,16). The molecule has 1 heterocycles. The van der Waals surface area contributed by atoms with Gasteiger partial charge in [-0.15, -0.1) is 11.3 Å². The van der Waals surface area contributed by atoms with E-state index in [1.807, 2.05) is 5.38 Å². The van der Waals surface area contributed by atoms with E-state index in [-0.39, 0.29) is 11.7 Å². The maximum absolute atomic E-state index is 11.8. The Morgan fingerprint density at radius 2 is 2.39 bits per heavy atom.